The molecule has 40 valence electrons. The molecule has 0 spiro atoms. The van der Waals surface area contributed by atoms with Crippen LogP contribution >= 0.6 is 11.9 Å². The first-order valence-electron chi connectivity index (χ1n) is 2.36. The van der Waals surface area contributed by atoms with Gasteiger partial charge in [-0.05, 0) is 18.4 Å². The molecular weight excluding hydrogens is 108 g/mol. The Balaban J connectivity index is 2.36. The molecule has 0 bridgehead atoms. The summed E-state index contributed by atoms with van der Waals surface area (Å²) in [5, 5.41) is 1.22. The van der Waals surface area contributed by atoms with Crippen LogP contribution in [-0.2, 0) is 0 Å². The molecule has 0 aromatic carbocycles. The van der Waals surface area contributed by atoms with E-state index in [1.54, 1.807) is 11.9 Å². The van der Waals surface area contributed by atoms with Gasteiger partial charge in [-0.2, -0.15) is 0 Å². The van der Waals surface area contributed by atoms with Crippen molar-refractivity contribution < 1.29 is 0 Å². The summed E-state index contributed by atoms with van der Waals surface area (Å²) in [5.41, 5.74) is 0. The van der Waals surface area contributed by atoms with Crippen LogP contribution in [0.1, 0.15) is 13.3 Å². The molecule has 2 nitrogen and oxygen atoms in total. The standard InChI is InChI=1S/C4H8N2S/c1-2-4-5-3-6-7-4/h6H,2-3H2,1H3. The van der Waals surface area contributed by atoms with E-state index in [-0.39, 0.29) is 0 Å². The Morgan fingerprint density at radius 3 is 3.14 bits per heavy atom. The summed E-state index contributed by atoms with van der Waals surface area (Å²) in [7, 11) is 0. The zero-order valence-electron chi connectivity index (χ0n) is 4.27. The second kappa shape index (κ2) is 2.33. The second-order valence-electron chi connectivity index (χ2n) is 1.31. The van der Waals surface area contributed by atoms with Gasteiger partial charge in [0.1, 0.15) is 0 Å². The van der Waals surface area contributed by atoms with Crippen molar-refractivity contribution in [3.05, 3.63) is 0 Å². The van der Waals surface area contributed by atoms with Crippen molar-refractivity contribution in [1.29, 1.82) is 0 Å². The fraction of sp³-hybridized carbons (Fsp3) is 0.750. The molecule has 1 N–H and O–H groups in total. The van der Waals surface area contributed by atoms with Gasteiger partial charge < -0.3 is 0 Å². The summed E-state index contributed by atoms with van der Waals surface area (Å²) < 4.78 is 3.04. The molecule has 7 heavy (non-hydrogen) atoms. The number of hydrogen-bond acceptors (Lipinski definition) is 3. The molecule has 0 amide bonds. The summed E-state index contributed by atoms with van der Waals surface area (Å²) in [6.45, 7) is 2.91. The Morgan fingerprint density at radius 2 is 2.86 bits per heavy atom. The van der Waals surface area contributed by atoms with E-state index in [9.17, 15) is 0 Å². The molecule has 0 saturated heterocycles. The van der Waals surface area contributed by atoms with Crippen LogP contribution in [0.5, 0.6) is 0 Å². The van der Waals surface area contributed by atoms with Crippen molar-refractivity contribution in [3.8, 4) is 0 Å². The normalized spacial score (nSPS) is 19.9. The molecule has 0 aliphatic carbocycles. The smallest absolute Gasteiger partial charge is 0.0987 e. The van der Waals surface area contributed by atoms with Gasteiger partial charge in [-0.1, -0.05) is 6.92 Å². The minimum atomic E-state index is 0.799. The topological polar surface area (TPSA) is 24.4 Å². The zero-order valence-corrected chi connectivity index (χ0v) is 5.09. The van der Waals surface area contributed by atoms with E-state index in [0.29, 0.717) is 0 Å². The molecule has 1 aliphatic rings. The lowest BCUT2D eigenvalue weighted by Crippen LogP contribution is -1.94. The van der Waals surface area contributed by atoms with Crippen LogP contribution in [0.4, 0.5) is 0 Å². The monoisotopic (exact) mass is 116 g/mol. The van der Waals surface area contributed by atoms with Gasteiger partial charge in [0.15, 0.2) is 0 Å². The maximum atomic E-state index is 4.12. The van der Waals surface area contributed by atoms with Crippen molar-refractivity contribution in [1.82, 2.24) is 4.72 Å². The Hall–Kier alpha value is -0.0200. The summed E-state index contributed by atoms with van der Waals surface area (Å²) >= 11 is 1.64. The van der Waals surface area contributed by atoms with Gasteiger partial charge in [-0.3, -0.25) is 4.99 Å². The van der Waals surface area contributed by atoms with Crippen LogP contribution < -0.4 is 4.72 Å². The van der Waals surface area contributed by atoms with E-state index in [1.165, 1.54) is 5.04 Å². The van der Waals surface area contributed by atoms with Crippen LogP contribution in [-0.4, -0.2) is 11.7 Å². The van der Waals surface area contributed by atoms with Gasteiger partial charge in [-0.15, -0.1) is 0 Å². The first-order chi connectivity index (χ1) is 3.43. The first kappa shape index (κ1) is 5.12. The second-order valence-corrected chi connectivity index (χ2v) is 2.27. The lowest BCUT2D eigenvalue weighted by molar-refractivity contribution is 1.01. The van der Waals surface area contributed by atoms with E-state index in [2.05, 4.69) is 16.6 Å². The summed E-state index contributed by atoms with van der Waals surface area (Å²) in [6.07, 6.45) is 1.07. The average molecular weight is 116 g/mol. The maximum absolute atomic E-state index is 4.12. The highest BCUT2D eigenvalue weighted by molar-refractivity contribution is 8.12. The highest BCUT2D eigenvalue weighted by Crippen LogP contribution is 2.07. The van der Waals surface area contributed by atoms with Crippen LogP contribution in [0.25, 0.3) is 0 Å². The molecule has 0 aromatic rings. The van der Waals surface area contributed by atoms with E-state index >= 15 is 0 Å². The Labute approximate surface area is 47.5 Å². The Kier molecular flexibility index (Phi) is 1.70. The Morgan fingerprint density at radius 1 is 2.00 bits per heavy atom. The largest absolute Gasteiger partial charge is 0.265 e. The molecular formula is C4H8N2S. The minimum Gasteiger partial charge on any atom is -0.265 e. The third kappa shape index (κ3) is 1.17. The van der Waals surface area contributed by atoms with Crippen LogP contribution in [0, 0.1) is 0 Å². The van der Waals surface area contributed by atoms with Gasteiger partial charge in [0.05, 0.1) is 11.7 Å². The lowest BCUT2D eigenvalue weighted by atomic mass is 10.5. The fourth-order valence-corrected chi connectivity index (χ4v) is 1.02. The molecule has 1 heterocycles. The number of nitrogens with one attached hydrogen (secondary N) is 1. The van der Waals surface area contributed by atoms with Crippen LogP contribution in [0.15, 0.2) is 4.99 Å². The SMILES string of the molecule is CCC1=NCNS1. The molecule has 0 unspecified atom stereocenters. The Bertz CT molecular complexity index is 89.7. The van der Waals surface area contributed by atoms with E-state index in [4.69, 9.17) is 0 Å². The molecule has 1 rings (SSSR count). The number of hydrogen-bond donors (Lipinski definition) is 1. The first-order valence-corrected chi connectivity index (χ1v) is 3.18. The van der Waals surface area contributed by atoms with Gasteiger partial charge >= 0.3 is 0 Å². The predicted octanol–water partition coefficient (Wildman–Crippen LogP) is 1.00. The molecule has 0 aromatic heterocycles. The van der Waals surface area contributed by atoms with Gasteiger partial charge in [0.25, 0.3) is 0 Å². The third-order valence-electron chi connectivity index (χ3n) is 0.812. The average Bonchev–Trinajstić information content (AvgIpc) is 2.14. The molecule has 0 atom stereocenters. The van der Waals surface area contributed by atoms with Gasteiger partial charge in [0, 0.05) is 0 Å². The number of rotatable bonds is 1. The highest BCUT2D eigenvalue weighted by Gasteiger charge is 2.00. The van der Waals surface area contributed by atoms with Crippen molar-refractivity contribution in [2.45, 2.75) is 13.3 Å². The quantitative estimate of drug-likeness (QED) is 0.517. The summed E-state index contributed by atoms with van der Waals surface area (Å²) in [5.74, 6) is 0. The third-order valence-corrected chi connectivity index (χ3v) is 1.74. The van der Waals surface area contributed by atoms with Crippen LogP contribution in [0.3, 0.4) is 0 Å². The predicted molar refractivity (Wildman–Crippen MR) is 33.3 cm³/mol. The van der Waals surface area contributed by atoms with E-state index in [1.807, 2.05) is 0 Å². The van der Waals surface area contributed by atoms with Gasteiger partial charge in [0.2, 0.25) is 0 Å². The molecule has 3 heteroatoms. The van der Waals surface area contributed by atoms with E-state index < -0.39 is 0 Å². The number of nitrogens with zero attached hydrogens (tertiary/aromatic N) is 1. The van der Waals surface area contributed by atoms with Crippen molar-refractivity contribution in [2.24, 2.45) is 4.99 Å². The van der Waals surface area contributed by atoms with Crippen molar-refractivity contribution in [2.75, 3.05) is 6.67 Å². The molecule has 0 saturated carbocycles. The minimum absolute atomic E-state index is 0.799. The molecule has 0 fully saturated rings. The van der Waals surface area contributed by atoms with E-state index in [0.717, 1.165) is 13.1 Å². The van der Waals surface area contributed by atoms with Crippen LogP contribution in [0.2, 0.25) is 0 Å². The van der Waals surface area contributed by atoms with Crippen molar-refractivity contribution in [3.63, 3.8) is 0 Å². The maximum Gasteiger partial charge on any atom is 0.0987 e. The highest BCUT2D eigenvalue weighted by atomic mass is 32.2. The van der Waals surface area contributed by atoms with Gasteiger partial charge in [-0.25, -0.2) is 4.72 Å². The summed E-state index contributed by atoms with van der Waals surface area (Å²) in [4.78, 5) is 4.12. The fourth-order valence-electron chi connectivity index (χ4n) is 0.452. The zero-order chi connectivity index (χ0) is 5.11. The van der Waals surface area contributed by atoms with Crippen molar-refractivity contribution >= 4 is 17.0 Å². The summed E-state index contributed by atoms with van der Waals surface area (Å²) in [6, 6.07) is 0. The number of aliphatic imine (C=N–C) groups is 1. The molecule has 0 radical (unpaired) electrons. The lowest BCUT2D eigenvalue weighted by Gasteiger charge is -1.85. The molecule has 1 aliphatic heterocycles.